The van der Waals surface area contributed by atoms with Crippen LogP contribution in [0.15, 0.2) is 34.2 Å². The molecular weight excluding hydrogens is 318 g/mol. The molecule has 0 bridgehead atoms. The Bertz CT molecular complexity index is 861. The van der Waals surface area contributed by atoms with Crippen LogP contribution in [0.4, 0.5) is 0 Å². The number of nitrogens with one attached hydrogen (secondary N) is 1. The lowest BCUT2D eigenvalue weighted by Crippen LogP contribution is -2.35. The van der Waals surface area contributed by atoms with E-state index < -0.39 is 5.91 Å². The fourth-order valence-electron chi connectivity index (χ4n) is 3.11. The Morgan fingerprint density at radius 1 is 1.24 bits per heavy atom. The minimum atomic E-state index is -0.393. The molecule has 25 heavy (non-hydrogen) atoms. The van der Waals surface area contributed by atoms with E-state index in [0.717, 1.165) is 44.6 Å². The molecule has 1 aromatic heterocycles. The van der Waals surface area contributed by atoms with Gasteiger partial charge in [-0.15, -0.1) is 0 Å². The third-order valence-corrected chi connectivity index (χ3v) is 4.46. The molecule has 0 aliphatic carbocycles. The average Bonchev–Trinajstić information content (AvgIpc) is 2.64. The Morgan fingerprint density at radius 2 is 1.92 bits per heavy atom. The van der Waals surface area contributed by atoms with Crippen LogP contribution in [0.1, 0.15) is 36.7 Å². The first-order chi connectivity index (χ1) is 12.1. The molecule has 1 aliphatic heterocycles. The summed E-state index contributed by atoms with van der Waals surface area (Å²) in [5.41, 5.74) is 3.59. The zero-order valence-corrected chi connectivity index (χ0v) is 14.7. The third kappa shape index (κ3) is 3.76. The molecule has 2 aromatic rings. The number of carbonyl (C=O) groups is 1. The summed E-state index contributed by atoms with van der Waals surface area (Å²) in [5, 5.41) is 9.41. The van der Waals surface area contributed by atoms with Gasteiger partial charge >= 0.3 is 0 Å². The molecule has 7 nitrogen and oxygen atoms in total. The van der Waals surface area contributed by atoms with Crippen molar-refractivity contribution < 1.29 is 4.79 Å². The molecule has 0 radical (unpaired) electrons. The SMILES string of the molecule is CCCN1CCC(=NNC(=O)c2nn(C)c(=O)c3ccccc23)CC1. The lowest BCUT2D eigenvalue weighted by Gasteiger charge is -2.26. The number of hydrogen-bond donors (Lipinski definition) is 1. The van der Waals surface area contributed by atoms with Crippen molar-refractivity contribution in [3.8, 4) is 0 Å². The molecule has 1 fully saturated rings. The first-order valence-electron chi connectivity index (χ1n) is 8.64. The number of hydrazone groups is 1. The monoisotopic (exact) mass is 341 g/mol. The number of carbonyl (C=O) groups excluding carboxylic acids is 1. The summed E-state index contributed by atoms with van der Waals surface area (Å²) in [6.07, 6.45) is 2.87. The highest BCUT2D eigenvalue weighted by molar-refractivity contribution is 6.05. The molecule has 0 unspecified atom stereocenters. The number of fused-ring (bicyclic) bond motifs is 1. The van der Waals surface area contributed by atoms with Crippen molar-refractivity contribution in [1.82, 2.24) is 20.1 Å². The summed E-state index contributed by atoms with van der Waals surface area (Å²) in [4.78, 5) is 27.1. The highest BCUT2D eigenvalue weighted by Gasteiger charge is 2.17. The van der Waals surface area contributed by atoms with E-state index in [4.69, 9.17) is 0 Å². The van der Waals surface area contributed by atoms with Gasteiger partial charge in [0.05, 0.1) is 5.39 Å². The molecule has 0 saturated carbocycles. The summed E-state index contributed by atoms with van der Waals surface area (Å²) in [7, 11) is 1.54. The molecule has 1 aromatic carbocycles. The smallest absolute Gasteiger partial charge is 0.292 e. The Balaban J connectivity index is 1.77. The van der Waals surface area contributed by atoms with Gasteiger partial charge < -0.3 is 4.90 Å². The van der Waals surface area contributed by atoms with Crippen LogP contribution in [-0.4, -0.2) is 45.9 Å². The average molecular weight is 341 g/mol. The number of piperidine rings is 1. The lowest BCUT2D eigenvalue weighted by molar-refractivity contribution is 0.0949. The van der Waals surface area contributed by atoms with Crippen molar-refractivity contribution in [2.45, 2.75) is 26.2 Å². The molecule has 0 spiro atoms. The molecule has 1 N–H and O–H groups in total. The van der Waals surface area contributed by atoms with E-state index in [1.807, 2.05) is 0 Å². The van der Waals surface area contributed by atoms with Gasteiger partial charge in [-0.3, -0.25) is 9.59 Å². The number of benzene rings is 1. The fourth-order valence-corrected chi connectivity index (χ4v) is 3.11. The second kappa shape index (κ2) is 7.57. The van der Waals surface area contributed by atoms with Gasteiger partial charge in [-0.25, -0.2) is 10.1 Å². The molecule has 3 rings (SSSR count). The number of aryl methyl sites for hydroxylation is 1. The van der Waals surface area contributed by atoms with E-state index in [0.29, 0.717) is 10.8 Å². The summed E-state index contributed by atoms with van der Waals surface area (Å²) in [6.45, 7) is 5.23. The van der Waals surface area contributed by atoms with Gasteiger partial charge in [-0.2, -0.15) is 10.2 Å². The Kier molecular flexibility index (Phi) is 5.23. The molecule has 132 valence electrons. The second-order valence-electron chi connectivity index (χ2n) is 6.28. The van der Waals surface area contributed by atoms with Gasteiger partial charge in [-0.1, -0.05) is 25.1 Å². The zero-order valence-electron chi connectivity index (χ0n) is 14.7. The van der Waals surface area contributed by atoms with Crippen molar-refractivity contribution in [2.24, 2.45) is 12.1 Å². The largest absolute Gasteiger partial charge is 0.303 e. The van der Waals surface area contributed by atoms with E-state index in [1.54, 1.807) is 31.3 Å². The van der Waals surface area contributed by atoms with Crippen molar-refractivity contribution in [2.75, 3.05) is 19.6 Å². The van der Waals surface area contributed by atoms with E-state index in [9.17, 15) is 9.59 Å². The Hall–Kier alpha value is -2.54. The maximum absolute atomic E-state index is 12.5. The number of hydrogen-bond acceptors (Lipinski definition) is 5. The first-order valence-corrected chi connectivity index (χ1v) is 8.64. The highest BCUT2D eigenvalue weighted by Crippen LogP contribution is 2.13. The molecule has 1 aliphatic rings. The maximum atomic E-state index is 12.5. The predicted molar refractivity (Wildman–Crippen MR) is 97.9 cm³/mol. The Morgan fingerprint density at radius 3 is 2.60 bits per heavy atom. The lowest BCUT2D eigenvalue weighted by atomic mass is 10.1. The Labute approximate surface area is 146 Å². The van der Waals surface area contributed by atoms with E-state index >= 15 is 0 Å². The number of nitrogens with zero attached hydrogens (tertiary/aromatic N) is 4. The van der Waals surface area contributed by atoms with Crippen LogP contribution in [0, 0.1) is 0 Å². The van der Waals surface area contributed by atoms with Crippen molar-refractivity contribution in [3.63, 3.8) is 0 Å². The van der Waals surface area contributed by atoms with Crippen LogP contribution < -0.4 is 11.0 Å². The molecule has 2 heterocycles. The molecule has 1 amide bonds. The third-order valence-electron chi connectivity index (χ3n) is 4.46. The van der Waals surface area contributed by atoms with Gasteiger partial charge in [0.1, 0.15) is 0 Å². The quantitative estimate of drug-likeness (QED) is 0.855. The van der Waals surface area contributed by atoms with Gasteiger partial charge in [0.2, 0.25) is 0 Å². The van der Waals surface area contributed by atoms with Crippen LogP contribution in [0.5, 0.6) is 0 Å². The normalized spacial score (nSPS) is 15.4. The molecule has 7 heteroatoms. The van der Waals surface area contributed by atoms with Crippen molar-refractivity contribution in [1.29, 1.82) is 0 Å². The van der Waals surface area contributed by atoms with Crippen LogP contribution in [0.2, 0.25) is 0 Å². The zero-order chi connectivity index (χ0) is 17.8. The number of rotatable bonds is 4. The topological polar surface area (TPSA) is 79.6 Å². The van der Waals surface area contributed by atoms with Gasteiger partial charge in [-0.05, 0) is 19.0 Å². The predicted octanol–water partition coefficient (Wildman–Crippen LogP) is 1.53. The first kappa shape index (κ1) is 17.3. The molecule has 1 saturated heterocycles. The molecule has 0 atom stereocenters. The summed E-state index contributed by atoms with van der Waals surface area (Å²) in [5.74, 6) is -0.393. The minimum Gasteiger partial charge on any atom is -0.303 e. The van der Waals surface area contributed by atoms with E-state index in [1.165, 1.54) is 4.68 Å². The fraction of sp³-hybridized carbons (Fsp3) is 0.444. The van der Waals surface area contributed by atoms with Crippen molar-refractivity contribution in [3.05, 3.63) is 40.3 Å². The van der Waals surface area contributed by atoms with Crippen molar-refractivity contribution >= 4 is 22.4 Å². The minimum absolute atomic E-state index is 0.213. The second-order valence-corrected chi connectivity index (χ2v) is 6.28. The standard InChI is InChI=1S/C18H23N5O2/c1-3-10-23-11-8-13(9-12-23)19-20-17(24)16-14-6-4-5-7-15(14)18(25)22(2)21-16/h4-7H,3,8-12H2,1-2H3,(H,20,24). The summed E-state index contributed by atoms with van der Waals surface area (Å²) in [6, 6.07) is 6.99. The summed E-state index contributed by atoms with van der Waals surface area (Å²) < 4.78 is 1.19. The number of likely N-dealkylation sites (tertiary alicyclic amines) is 1. The number of aromatic nitrogens is 2. The highest BCUT2D eigenvalue weighted by atomic mass is 16.2. The van der Waals surface area contributed by atoms with Gasteiger partial charge in [0.15, 0.2) is 5.69 Å². The molecular formula is C18H23N5O2. The van der Waals surface area contributed by atoms with Crippen LogP contribution in [-0.2, 0) is 7.05 Å². The van der Waals surface area contributed by atoms with Gasteiger partial charge in [0.25, 0.3) is 11.5 Å². The van der Waals surface area contributed by atoms with Crippen LogP contribution in [0.3, 0.4) is 0 Å². The van der Waals surface area contributed by atoms with E-state index in [2.05, 4.69) is 27.4 Å². The van der Waals surface area contributed by atoms with Gasteiger partial charge in [0, 0.05) is 44.1 Å². The van der Waals surface area contributed by atoms with E-state index in [-0.39, 0.29) is 11.3 Å². The van der Waals surface area contributed by atoms with Crippen LogP contribution in [0.25, 0.3) is 10.8 Å². The maximum Gasteiger partial charge on any atom is 0.292 e. The van der Waals surface area contributed by atoms with Crippen LogP contribution >= 0.6 is 0 Å². The summed E-state index contributed by atoms with van der Waals surface area (Å²) >= 11 is 0. The number of amides is 1.